The number of hydrogen-bond acceptors (Lipinski definition) is 6. The van der Waals surface area contributed by atoms with E-state index in [2.05, 4.69) is 4.74 Å². The predicted molar refractivity (Wildman–Crippen MR) is 109 cm³/mol. The zero-order chi connectivity index (χ0) is 24.7. The van der Waals surface area contributed by atoms with Crippen molar-refractivity contribution in [2.24, 2.45) is 5.92 Å². The van der Waals surface area contributed by atoms with Crippen molar-refractivity contribution in [1.82, 2.24) is 0 Å². The third-order valence-corrected chi connectivity index (χ3v) is 4.51. The van der Waals surface area contributed by atoms with Gasteiger partial charge in [-0.3, -0.25) is 14.4 Å². The molecule has 0 saturated carbocycles. The molecule has 174 valence electrons. The number of ether oxygens (including phenoxy) is 1. The van der Waals surface area contributed by atoms with Crippen molar-refractivity contribution in [1.29, 1.82) is 0 Å². The molecule has 0 saturated heterocycles. The first-order valence-electron chi connectivity index (χ1n) is 9.40. The van der Waals surface area contributed by atoms with Gasteiger partial charge < -0.3 is 14.9 Å². The summed E-state index contributed by atoms with van der Waals surface area (Å²) >= 11 is 0. The van der Waals surface area contributed by atoms with E-state index in [1.54, 1.807) is 0 Å². The molecule has 0 bridgehead atoms. The summed E-state index contributed by atoms with van der Waals surface area (Å²) in [6.07, 6.45) is 3.21. The highest BCUT2D eigenvalue weighted by molar-refractivity contribution is 6.13. The van der Waals surface area contributed by atoms with Crippen LogP contribution in [0.5, 0.6) is 11.5 Å². The standard InChI is InChI=1S/C23H18F4O6/c1-33-21(30)7-4-14(19(28)5-2-12-8-15(24)22(31)16(25)9-12)20(29)6-3-13-10-17(26)23(32)18(27)11-13/h2-3,5-6,8-11,14,31-32H,4,7H2,1H3. The maximum atomic E-state index is 13.5. The average Bonchev–Trinajstić information content (AvgIpc) is 2.77. The van der Waals surface area contributed by atoms with Crippen LogP contribution in [0.3, 0.4) is 0 Å². The van der Waals surface area contributed by atoms with Crippen molar-refractivity contribution in [2.75, 3.05) is 7.11 Å². The molecule has 0 aliphatic carbocycles. The summed E-state index contributed by atoms with van der Waals surface area (Å²) in [6, 6.07) is 3.06. The summed E-state index contributed by atoms with van der Waals surface area (Å²) in [5.74, 6) is -11.1. The number of phenols is 2. The first-order valence-corrected chi connectivity index (χ1v) is 9.40. The molecule has 0 spiro atoms. The normalized spacial score (nSPS) is 12.3. The Kier molecular flexibility index (Phi) is 8.49. The van der Waals surface area contributed by atoms with Gasteiger partial charge in [-0.25, -0.2) is 17.6 Å². The molecule has 33 heavy (non-hydrogen) atoms. The second-order valence-electron chi connectivity index (χ2n) is 6.81. The van der Waals surface area contributed by atoms with Gasteiger partial charge in [0.15, 0.2) is 46.3 Å². The Morgan fingerprint density at radius 3 is 1.52 bits per heavy atom. The van der Waals surface area contributed by atoms with E-state index in [9.17, 15) is 31.9 Å². The van der Waals surface area contributed by atoms with E-state index >= 15 is 0 Å². The third kappa shape index (κ3) is 6.76. The molecule has 0 aromatic heterocycles. The molecule has 0 aliphatic heterocycles. The van der Waals surface area contributed by atoms with Crippen LogP contribution in [0.15, 0.2) is 36.4 Å². The van der Waals surface area contributed by atoms with Gasteiger partial charge in [-0.15, -0.1) is 0 Å². The Labute approximate surface area is 185 Å². The van der Waals surface area contributed by atoms with Crippen LogP contribution < -0.4 is 0 Å². The molecule has 10 heteroatoms. The van der Waals surface area contributed by atoms with E-state index in [1.165, 1.54) is 0 Å². The fourth-order valence-electron chi connectivity index (χ4n) is 2.74. The van der Waals surface area contributed by atoms with Crippen molar-refractivity contribution >= 4 is 29.7 Å². The maximum Gasteiger partial charge on any atom is 0.305 e. The van der Waals surface area contributed by atoms with Gasteiger partial charge in [0.05, 0.1) is 13.0 Å². The number of halogens is 4. The van der Waals surface area contributed by atoms with E-state index in [0.29, 0.717) is 0 Å². The van der Waals surface area contributed by atoms with Crippen LogP contribution in [0.1, 0.15) is 24.0 Å². The third-order valence-electron chi connectivity index (χ3n) is 4.51. The lowest BCUT2D eigenvalue weighted by molar-refractivity contribution is -0.141. The van der Waals surface area contributed by atoms with Gasteiger partial charge in [0.25, 0.3) is 0 Å². The van der Waals surface area contributed by atoms with Crippen LogP contribution in [0.4, 0.5) is 17.6 Å². The molecule has 2 N–H and O–H groups in total. The molecule has 0 radical (unpaired) electrons. The Balaban J connectivity index is 2.26. The molecule has 0 unspecified atom stereocenters. The highest BCUT2D eigenvalue weighted by Gasteiger charge is 2.24. The van der Waals surface area contributed by atoms with Crippen molar-refractivity contribution in [2.45, 2.75) is 12.8 Å². The Morgan fingerprint density at radius 2 is 1.18 bits per heavy atom. The lowest BCUT2D eigenvalue weighted by atomic mass is 9.92. The Morgan fingerprint density at radius 1 is 0.818 bits per heavy atom. The number of carbonyl (C=O) groups excluding carboxylic acids is 3. The van der Waals surface area contributed by atoms with E-state index in [0.717, 1.165) is 55.7 Å². The topological polar surface area (TPSA) is 101 Å². The van der Waals surface area contributed by atoms with E-state index in [1.807, 2.05) is 0 Å². The fourth-order valence-corrected chi connectivity index (χ4v) is 2.74. The number of allylic oxidation sites excluding steroid dienone is 2. The number of rotatable bonds is 9. The van der Waals surface area contributed by atoms with Crippen molar-refractivity contribution in [3.63, 3.8) is 0 Å². The number of hydrogen-bond donors (Lipinski definition) is 2. The first-order chi connectivity index (χ1) is 15.5. The van der Waals surface area contributed by atoms with E-state index < -0.39 is 58.2 Å². The number of benzene rings is 2. The molecule has 0 fully saturated rings. The van der Waals surface area contributed by atoms with Crippen LogP contribution in [-0.4, -0.2) is 34.9 Å². The quantitative estimate of drug-likeness (QED) is 0.250. The van der Waals surface area contributed by atoms with E-state index in [-0.39, 0.29) is 24.0 Å². The van der Waals surface area contributed by atoms with Crippen LogP contribution in [-0.2, 0) is 19.1 Å². The molecule has 0 aliphatic rings. The molecule has 0 heterocycles. The maximum absolute atomic E-state index is 13.5. The summed E-state index contributed by atoms with van der Waals surface area (Å²) in [5.41, 5.74) is -0.221. The lowest BCUT2D eigenvalue weighted by Gasteiger charge is -2.10. The summed E-state index contributed by atoms with van der Waals surface area (Å²) < 4.78 is 58.3. The Hall–Kier alpha value is -3.95. The first kappa shape index (κ1) is 25.3. The van der Waals surface area contributed by atoms with Crippen molar-refractivity contribution in [3.8, 4) is 11.5 Å². The lowest BCUT2D eigenvalue weighted by Crippen LogP contribution is -2.22. The largest absolute Gasteiger partial charge is 0.503 e. The van der Waals surface area contributed by atoms with Gasteiger partial charge in [0.2, 0.25) is 0 Å². The smallest absolute Gasteiger partial charge is 0.305 e. The van der Waals surface area contributed by atoms with Gasteiger partial charge in [-0.1, -0.05) is 12.2 Å². The van der Waals surface area contributed by atoms with Gasteiger partial charge in [0.1, 0.15) is 0 Å². The van der Waals surface area contributed by atoms with Crippen LogP contribution in [0.25, 0.3) is 12.2 Å². The minimum atomic E-state index is -1.41. The zero-order valence-electron chi connectivity index (χ0n) is 17.1. The van der Waals surface area contributed by atoms with Gasteiger partial charge in [-0.05, 0) is 54.0 Å². The minimum Gasteiger partial charge on any atom is -0.503 e. The van der Waals surface area contributed by atoms with Crippen LogP contribution in [0.2, 0.25) is 0 Å². The number of ketones is 2. The van der Waals surface area contributed by atoms with Crippen LogP contribution in [0, 0.1) is 29.2 Å². The van der Waals surface area contributed by atoms with Gasteiger partial charge in [-0.2, -0.15) is 0 Å². The number of phenolic OH excluding ortho intramolecular Hbond substituents is 2. The molecule has 2 aromatic carbocycles. The highest BCUT2D eigenvalue weighted by atomic mass is 19.1. The molecule has 0 atom stereocenters. The SMILES string of the molecule is COC(=O)CCC(C(=O)C=Cc1cc(F)c(O)c(F)c1)C(=O)C=Cc1cc(F)c(O)c(F)c1. The molecule has 2 rings (SSSR count). The van der Waals surface area contributed by atoms with E-state index in [4.69, 9.17) is 10.2 Å². The molecule has 6 nitrogen and oxygen atoms in total. The number of esters is 1. The molecule has 0 amide bonds. The molecular formula is C23H18F4O6. The molecule has 2 aromatic rings. The summed E-state index contributed by atoms with van der Waals surface area (Å²) in [6.45, 7) is 0. The zero-order valence-corrected chi connectivity index (χ0v) is 17.1. The summed E-state index contributed by atoms with van der Waals surface area (Å²) in [7, 11) is 1.11. The monoisotopic (exact) mass is 466 g/mol. The summed E-state index contributed by atoms with van der Waals surface area (Å²) in [5, 5.41) is 18.2. The minimum absolute atomic E-state index is 0.110. The number of aromatic hydroxyl groups is 2. The second-order valence-corrected chi connectivity index (χ2v) is 6.81. The van der Waals surface area contributed by atoms with Crippen molar-refractivity contribution in [3.05, 3.63) is 70.8 Å². The van der Waals surface area contributed by atoms with Crippen molar-refractivity contribution < 1.29 is 46.9 Å². The van der Waals surface area contributed by atoms with Gasteiger partial charge in [0, 0.05) is 6.42 Å². The fraction of sp³-hybridized carbons (Fsp3) is 0.174. The number of carbonyl (C=O) groups is 3. The molecular weight excluding hydrogens is 448 g/mol. The second kappa shape index (κ2) is 11.1. The van der Waals surface area contributed by atoms with Crippen LogP contribution >= 0.6 is 0 Å². The Bertz CT molecular complexity index is 1010. The average molecular weight is 466 g/mol. The highest BCUT2D eigenvalue weighted by Crippen LogP contribution is 2.24. The predicted octanol–water partition coefficient (Wildman–Crippen LogP) is 4.09. The summed E-state index contributed by atoms with van der Waals surface area (Å²) in [4.78, 5) is 36.6. The number of methoxy groups -OCH3 is 1. The van der Waals surface area contributed by atoms with Gasteiger partial charge >= 0.3 is 5.97 Å².